The molecule has 1 aliphatic carbocycles. The lowest BCUT2D eigenvalue weighted by molar-refractivity contribution is 0.0666. The predicted molar refractivity (Wildman–Crippen MR) is 113 cm³/mol. The highest BCUT2D eigenvalue weighted by Crippen LogP contribution is 2.30. The SMILES string of the molecule is COc1ccc2c(C(=O)N3CCN(C)CC3)cn(CCC3CCCCC3)c2c1. The molecule has 2 fully saturated rings. The van der Waals surface area contributed by atoms with Crippen molar-refractivity contribution >= 4 is 16.8 Å². The Kier molecular flexibility index (Phi) is 5.90. The first-order chi connectivity index (χ1) is 13.7. The molecular formula is C23H33N3O2. The molecule has 0 unspecified atom stereocenters. The summed E-state index contributed by atoms with van der Waals surface area (Å²) in [6.07, 6.45) is 10.1. The van der Waals surface area contributed by atoms with Crippen LogP contribution in [0.25, 0.3) is 10.9 Å². The Bertz CT molecular complexity index is 815. The minimum Gasteiger partial charge on any atom is -0.497 e. The van der Waals surface area contributed by atoms with Crippen molar-refractivity contribution in [3.05, 3.63) is 30.0 Å². The topological polar surface area (TPSA) is 37.7 Å². The van der Waals surface area contributed by atoms with Crippen molar-refractivity contribution in [3.8, 4) is 5.75 Å². The van der Waals surface area contributed by atoms with Crippen LogP contribution in [-0.4, -0.2) is 60.6 Å². The molecule has 2 aromatic rings. The first-order valence-corrected chi connectivity index (χ1v) is 10.8. The van der Waals surface area contributed by atoms with E-state index in [2.05, 4.69) is 34.8 Å². The molecule has 152 valence electrons. The van der Waals surface area contributed by atoms with Crippen molar-refractivity contribution in [3.63, 3.8) is 0 Å². The summed E-state index contributed by atoms with van der Waals surface area (Å²) in [6.45, 7) is 4.48. The summed E-state index contributed by atoms with van der Waals surface area (Å²) in [7, 11) is 3.82. The molecule has 5 nitrogen and oxygen atoms in total. The molecular weight excluding hydrogens is 350 g/mol. The largest absolute Gasteiger partial charge is 0.497 e. The summed E-state index contributed by atoms with van der Waals surface area (Å²) in [4.78, 5) is 17.5. The predicted octanol–water partition coefficient (Wildman–Crippen LogP) is 4.01. The van der Waals surface area contributed by atoms with E-state index in [0.29, 0.717) is 0 Å². The second-order valence-corrected chi connectivity index (χ2v) is 8.51. The molecule has 5 heteroatoms. The Morgan fingerprint density at radius 2 is 1.86 bits per heavy atom. The molecule has 0 atom stereocenters. The molecule has 1 saturated carbocycles. The van der Waals surface area contributed by atoms with Gasteiger partial charge in [0.15, 0.2) is 0 Å². The number of carbonyl (C=O) groups is 1. The van der Waals surface area contributed by atoms with Gasteiger partial charge in [-0.3, -0.25) is 4.79 Å². The zero-order chi connectivity index (χ0) is 19.5. The molecule has 1 aromatic carbocycles. The van der Waals surface area contributed by atoms with Crippen LogP contribution in [0.5, 0.6) is 5.75 Å². The summed E-state index contributed by atoms with van der Waals surface area (Å²) in [5.74, 6) is 1.84. The van der Waals surface area contributed by atoms with E-state index in [-0.39, 0.29) is 5.91 Å². The molecule has 0 spiro atoms. The number of nitrogens with zero attached hydrogens (tertiary/aromatic N) is 3. The van der Waals surface area contributed by atoms with Crippen LogP contribution in [0.2, 0.25) is 0 Å². The standard InChI is InChI=1S/C23H33N3O2/c1-24-12-14-25(15-13-24)23(27)21-17-26(11-10-18-6-4-3-5-7-18)22-16-19(28-2)8-9-20(21)22/h8-9,16-18H,3-7,10-15H2,1-2H3. The lowest BCUT2D eigenvalue weighted by Crippen LogP contribution is -2.47. The molecule has 2 aliphatic rings. The third-order valence-electron chi connectivity index (χ3n) is 6.61. The van der Waals surface area contributed by atoms with Crippen molar-refractivity contribution in [2.24, 2.45) is 5.92 Å². The van der Waals surface area contributed by atoms with Gasteiger partial charge in [-0.2, -0.15) is 0 Å². The average Bonchev–Trinajstić information content (AvgIpc) is 3.11. The van der Waals surface area contributed by atoms with E-state index >= 15 is 0 Å². The van der Waals surface area contributed by atoms with Gasteiger partial charge >= 0.3 is 0 Å². The fourth-order valence-electron chi connectivity index (χ4n) is 4.73. The maximum absolute atomic E-state index is 13.3. The van der Waals surface area contributed by atoms with Crippen molar-refractivity contribution in [1.82, 2.24) is 14.4 Å². The van der Waals surface area contributed by atoms with Gasteiger partial charge in [0, 0.05) is 50.4 Å². The van der Waals surface area contributed by atoms with E-state index in [4.69, 9.17) is 4.74 Å². The van der Waals surface area contributed by atoms with Crippen LogP contribution in [0, 0.1) is 5.92 Å². The van der Waals surface area contributed by atoms with Crippen LogP contribution < -0.4 is 4.74 Å². The zero-order valence-electron chi connectivity index (χ0n) is 17.3. The van der Waals surface area contributed by atoms with E-state index in [1.165, 1.54) is 38.5 Å². The molecule has 1 aliphatic heterocycles. The highest BCUT2D eigenvalue weighted by molar-refractivity contribution is 6.07. The summed E-state index contributed by atoms with van der Waals surface area (Å²) in [5.41, 5.74) is 1.96. The Labute approximate surface area is 168 Å². The summed E-state index contributed by atoms with van der Waals surface area (Å²) < 4.78 is 7.74. The lowest BCUT2D eigenvalue weighted by Gasteiger charge is -2.32. The molecule has 28 heavy (non-hydrogen) atoms. The van der Waals surface area contributed by atoms with Gasteiger partial charge in [-0.05, 0) is 31.5 Å². The number of ether oxygens (including phenoxy) is 1. The summed E-state index contributed by atoms with van der Waals surface area (Å²) in [6, 6.07) is 6.10. The molecule has 0 N–H and O–H groups in total. The summed E-state index contributed by atoms with van der Waals surface area (Å²) in [5, 5.41) is 1.05. The molecule has 0 radical (unpaired) electrons. The van der Waals surface area contributed by atoms with E-state index in [0.717, 1.165) is 60.9 Å². The number of methoxy groups -OCH3 is 1. The van der Waals surface area contributed by atoms with Crippen LogP contribution in [0.4, 0.5) is 0 Å². The highest BCUT2D eigenvalue weighted by atomic mass is 16.5. The number of aromatic nitrogens is 1. The number of aryl methyl sites for hydroxylation is 1. The van der Waals surface area contributed by atoms with Crippen LogP contribution in [0.15, 0.2) is 24.4 Å². The van der Waals surface area contributed by atoms with Gasteiger partial charge in [-0.25, -0.2) is 0 Å². The molecule has 2 heterocycles. The lowest BCUT2D eigenvalue weighted by atomic mass is 9.87. The van der Waals surface area contributed by atoms with Gasteiger partial charge in [-0.1, -0.05) is 32.1 Å². The Morgan fingerprint density at radius 3 is 2.57 bits per heavy atom. The number of likely N-dealkylation sites (N-methyl/N-ethyl adjacent to an activating group) is 1. The van der Waals surface area contributed by atoms with Crippen molar-refractivity contribution in [2.75, 3.05) is 40.3 Å². The second-order valence-electron chi connectivity index (χ2n) is 8.51. The number of amides is 1. The number of hydrogen-bond acceptors (Lipinski definition) is 3. The van der Waals surface area contributed by atoms with E-state index < -0.39 is 0 Å². The van der Waals surface area contributed by atoms with Crippen LogP contribution in [-0.2, 0) is 6.54 Å². The van der Waals surface area contributed by atoms with Crippen molar-refractivity contribution < 1.29 is 9.53 Å². The van der Waals surface area contributed by atoms with Gasteiger partial charge in [0.1, 0.15) is 5.75 Å². The molecule has 1 aromatic heterocycles. The summed E-state index contributed by atoms with van der Waals surface area (Å²) >= 11 is 0. The number of piperazine rings is 1. The molecule has 4 rings (SSSR count). The van der Waals surface area contributed by atoms with Crippen molar-refractivity contribution in [2.45, 2.75) is 45.1 Å². The number of benzene rings is 1. The Balaban J connectivity index is 1.60. The first kappa shape index (κ1) is 19.3. The quantitative estimate of drug-likeness (QED) is 0.783. The maximum atomic E-state index is 13.3. The zero-order valence-corrected chi connectivity index (χ0v) is 17.3. The van der Waals surface area contributed by atoms with E-state index in [9.17, 15) is 4.79 Å². The van der Waals surface area contributed by atoms with Crippen LogP contribution in [0.3, 0.4) is 0 Å². The van der Waals surface area contributed by atoms with Gasteiger partial charge in [-0.15, -0.1) is 0 Å². The third kappa shape index (κ3) is 4.04. The first-order valence-electron chi connectivity index (χ1n) is 10.8. The molecule has 1 amide bonds. The monoisotopic (exact) mass is 383 g/mol. The van der Waals surface area contributed by atoms with Gasteiger partial charge in [0.05, 0.1) is 18.2 Å². The third-order valence-corrected chi connectivity index (χ3v) is 6.61. The molecule has 0 bridgehead atoms. The second kappa shape index (κ2) is 8.56. The number of rotatable bonds is 5. The highest BCUT2D eigenvalue weighted by Gasteiger charge is 2.24. The van der Waals surface area contributed by atoms with Crippen LogP contribution >= 0.6 is 0 Å². The minimum absolute atomic E-state index is 0.166. The smallest absolute Gasteiger partial charge is 0.256 e. The van der Waals surface area contributed by atoms with E-state index in [1.54, 1.807) is 7.11 Å². The fraction of sp³-hybridized carbons (Fsp3) is 0.609. The van der Waals surface area contributed by atoms with Gasteiger partial charge in [0.25, 0.3) is 5.91 Å². The average molecular weight is 384 g/mol. The Hall–Kier alpha value is -2.01. The molecule has 1 saturated heterocycles. The van der Waals surface area contributed by atoms with Crippen LogP contribution in [0.1, 0.15) is 48.9 Å². The number of fused-ring (bicyclic) bond motifs is 1. The number of hydrogen-bond donors (Lipinski definition) is 0. The van der Waals surface area contributed by atoms with Gasteiger partial charge in [0.2, 0.25) is 0 Å². The fourth-order valence-corrected chi connectivity index (χ4v) is 4.73. The normalized spacial score (nSPS) is 19.3. The van der Waals surface area contributed by atoms with Crippen molar-refractivity contribution in [1.29, 1.82) is 0 Å². The van der Waals surface area contributed by atoms with Gasteiger partial charge < -0.3 is 19.1 Å². The Morgan fingerprint density at radius 1 is 1.11 bits per heavy atom. The maximum Gasteiger partial charge on any atom is 0.256 e. The van der Waals surface area contributed by atoms with E-state index in [1.807, 2.05) is 11.0 Å². The minimum atomic E-state index is 0.166. The number of carbonyl (C=O) groups excluding carboxylic acids is 1.